The molecule has 0 fully saturated rings. The van der Waals surface area contributed by atoms with Crippen molar-refractivity contribution in [2.24, 2.45) is 0 Å². The fourth-order valence-electron chi connectivity index (χ4n) is 2.77. The van der Waals surface area contributed by atoms with E-state index in [2.05, 4.69) is 46.6 Å². The number of nitrogens with one attached hydrogen (secondary N) is 1. The molecule has 148 valence electrons. The molecule has 0 unspecified atom stereocenters. The standard InChI is InChI=1S/C20H24N4O2S2/c1-4-14-6-8-15(9-7-14)13(3)21-17(25)12-27-11-16-10-19(26)24-20(22-16)28-18(5-2)23-24/h6-10,13H,4-5,11-12H2,1-3H3,(H,21,25)/t13-/m0/s1. The van der Waals surface area contributed by atoms with Gasteiger partial charge in [0, 0.05) is 11.8 Å². The van der Waals surface area contributed by atoms with Crippen LogP contribution in [0.25, 0.3) is 4.96 Å². The molecular weight excluding hydrogens is 392 g/mol. The molecule has 0 saturated heterocycles. The average Bonchev–Trinajstić information content (AvgIpc) is 3.12. The summed E-state index contributed by atoms with van der Waals surface area (Å²) in [5.74, 6) is 0.806. The molecule has 0 radical (unpaired) electrons. The Morgan fingerprint density at radius 3 is 2.68 bits per heavy atom. The Hall–Kier alpha value is -2.19. The van der Waals surface area contributed by atoms with Crippen molar-refractivity contribution in [2.75, 3.05) is 5.75 Å². The smallest absolute Gasteiger partial charge is 0.275 e. The summed E-state index contributed by atoms with van der Waals surface area (Å²) in [4.78, 5) is 29.5. The minimum absolute atomic E-state index is 0.0269. The molecule has 8 heteroatoms. The lowest BCUT2D eigenvalue weighted by Gasteiger charge is -2.14. The Morgan fingerprint density at radius 2 is 2.00 bits per heavy atom. The van der Waals surface area contributed by atoms with Crippen molar-refractivity contribution >= 4 is 34.0 Å². The number of rotatable bonds is 8. The Kier molecular flexibility index (Phi) is 6.85. The van der Waals surface area contributed by atoms with Crippen LogP contribution in [0.5, 0.6) is 0 Å². The van der Waals surface area contributed by atoms with Crippen LogP contribution < -0.4 is 10.9 Å². The first-order valence-corrected chi connectivity index (χ1v) is 11.3. The third-order valence-electron chi connectivity index (χ3n) is 4.39. The minimum atomic E-state index is -0.176. The van der Waals surface area contributed by atoms with E-state index in [4.69, 9.17) is 0 Å². The molecular formula is C20H24N4O2S2. The van der Waals surface area contributed by atoms with Crippen LogP contribution in [0.4, 0.5) is 0 Å². The minimum Gasteiger partial charge on any atom is -0.349 e. The van der Waals surface area contributed by atoms with Gasteiger partial charge in [-0.25, -0.2) is 4.98 Å². The van der Waals surface area contributed by atoms with Gasteiger partial charge in [0.25, 0.3) is 5.56 Å². The quantitative estimate of drug-likeness (QED) is 0.609. The molecule has 6 nitrogen and oxygen atoms in total. The molecule has 1 amide bonds. The number of hydrogen-bond donors (Lipinski definition) is 1. The largest absolute Gasteiger partial charge is 0.349 e. The van der Waals surface area contributed by atoms with Gasteiger partial charge in [-0.05, 0) is 30.9 Å². The molecule has 1 atom stereocenters. The molecule has 0 aliphatic carbocycles. The van der Waals surface area contributed by atoms with Gasteiger partial charge in [0.05, 0.1) is 17.5 Å². The molecule has 28 heavy (non-hydrogen) atoms. The molecule has 3 rings (SSSR count). The maximum absolute atomic E-state index is 12.2. The number of thioether (sulfide) groups is 1. The Morgan fingerprint density at radius 1 is 1.25 bits per heavy atom. The summed E-state index contributed by atoms with van der Waals surface area (Å²) in [5.41, 5.74) is 2.88. The first-order valence-electron chi connectivity index (χ1n) is 9.34. The van der Waals surface area contributed by atoms with E-state index in [-0.39, 0.29) is 17.5 Å². The van der Waals surface area contributed by atoms with Gasteiger partial charge < -0.3 is 5.32 Å². The predicted octanol–water partition coefficient (Wildman–Crippen LogP) is 3.39. The van der Waals surface area contributed by atoms with Crippen LogP contribution in [-0.4, -0.2) is 26.3 Å². The van der Waals surface area contributed by atoms with Crippen LogP contribution in [0, 0.1) is 0 Å². The lowest BCUT2D eigenvalue weighted by Crippen LogP contribution is -2.28. The lowest BCUT2D eigenvalue weighted by atomic mass is 10.1. The van der Waals surface area contributed by atoms with Gasteiger partial charge >= 0.3 is 0 Å². The number of amides is 1. The van der Waals surface area contributed by atoms with Crippen molar-refractivity contribution in [1.82, 2.24) is 19.9 Å². The maximum Gasteiger partial charge on any atom is 0.275 e. The molecule has 1 aromatic carbocycles. The highest BCUT2D eigenvalue weighted by Gasteiger charge is 2.11. The number of hydrogen-bond acceptors (Lipinski definition) is 6. The summed E-state index contributed by atoms with van der Waals surface area (Å²) < 4.78 is 1.34. The molecule has 3 aromatic rings. The number of aromatic nitrogens is 3. The van der Waals surface area contributed by atoms with Crippen molar-refractivity contribution in [3.05, 3.63) is 62.5 Å². The molecule has 2 heterocycles. The van der Waals surface area contributed by atoms with Gasteiger partial charge in [-0.2, -0.15) is 9.61 Å². The molecule has 0 saturated carbocycles. The Balaban J connectivity index is 1.53. The van der Waals surface area contributed by atoms with Crippen molar-refractivity contribution in [1.29, 1.82) is 0 Å². The fourth-order valence-corrected chi connectivity index (χ4v) is 4.36. The number of fused-ring (bicyclic) bond motifs is 1. The van der Waals surface area contributed by atoms with Crippen LogP contribution >= 0.6 is 23.1 Å². The first kappa shape index (κ1) is 20.5. The topological polar surface area (TPSA) is 76.4 Å². The number of carbonyl (C=O) groups is 1. The number of nitrogens with zero attached hydrogens (tertiary/aromatic N) is 3. The average molecular weight is 417 g/mol. The van der Waals surface area contributed by atoms with Gasteiger partial charge in [0.1, 0.15) is 5.01 Å². The van der Waals surface area contributed by atoms with E-state index >= 15 is 0 Å². The summed E-state index contributed by atoms with van der Waals surface area (Å²) in [6.45, 7) is 6.10. The van der Waals surface area contributed by atoms with Gasteiger partial charge in [0.2, 0.25) is 10.9 Å². The predicted molar refractivity (Wildman–Crippen MR) is 115 cm³/mol. The molecule has 0 aliphatic heterocycles. The van der Waals surface area contributed by atoms with Crippen LogP contribution in [0.3, 0.4) is 0 Å². The van der Waals surface area contributed by atoms with E-state index in [1.807, 2.05) is 13.8 Å². The zero-order valence-electron chi connectivity index (χ0n) is 16.3. The van der Waals surface area contributed by atoms with Crippen molar-refractivity contribution in [3.8, 4) is 0 Å². The van der Waals surface area contributed by atoms with Crippen molar-refractivity contribution < 1.29 is 4.79 Å². The fraction of sp³-hybridized carbons (Fsp3) is 0.400. The van der Waals surface area contributed by atoms with Crippen LogP contribution in [0.15, 0.2) is 35.1 Å². The maximum atomic E-state index is 12.2. The lowest BCUT2D eigenvalue weighted by molar-refractivity contribution is -0.119. The summed E-state index contributed by atoms with van der Waals surface area (Å²) in [6.07, 6.45) is 1.78. The number of benzene rings is 1. The van der Waals surface area contributed by atoms with Gasteiger partial charge in [-0.3, -0.25) is 9.59 Å². The van der Waals surface area contributed by atoms with Crippen LogP contribution in [-0.2, 0) is 23.4 Å². The highest BCUT2D eigenvalue weighted by atomic mass is 32.2. The van der Waals surface area contributed by atoms with Crippen molar-refractivity contribution in [2.45, 2.75) is 45.4 Å². The highest BCUT2D eigenvalue weighted by molar-refractivity contribution is 7.99. The number of aryl methyl sites for hydroxylation is 2. The zero-order valence-corrected chi connectivity index (χ0v) is 17.9. The van der Waals surface area contributed by atoms with E-state index in [1.165, 1.54) is 39.2 Å². The molecule has 2 aromatic heterocycles. The number of carbonyl (C=O) groups excluding carboxylic acids is 1. The second-order valence-corrected chi connectivity index (χ2v) is 8.53. The summed E-state index contributed by atoms with van der Waals surface area (Å²) >= 11 is 2.88. The highest BCUT2D eigenvalue weighted by Crippen LogP contribution is 2.16. The molecule has 0 aliphatic rings. The Bertz CT molecular complexity index is 1010. The van der Waals surface area contributed by atoms with Gasteiger partial charge in [-0.15, -0.1) is 11.8 Å². The first-order chi connectivity index (χ1) is 13.5. The van der Waals surface area contributed by atoms with Crippen molar-refractivity contribution in [3.63, 3.8) is 0 Å². The Labute approximate surface area is 172 Å². The van der Waals surface area contributed by atoms with Crippen LogP contribution in [0.1, 0.15) is 48.6 Å². The second kappa shape index (κ2) is 9.34. The zero-order chi connectivity index (χ0) is 20.1. The summed E-state index contributed by atoms with van der Waals surface area (Å²) in [7, 11) is 0. The summed E-state index contributed by atoms with van der Waals surface area (Å²) in [6, 6.07) is 9.76. The third kappa shape index (κ3) is 4.99. The second-order valence-electron chi connectivity index (χ2n) is 6.51. The molecule has 0 spiro atoms. The van der Waals surface area contributed by atoms with Gasteiger partial charge in [0.15, 0.2) is 0 Å². The third-order valence-corrected chi connectivity index (χ3v) is 6.41. The SMILES string of the molecule is CCc1ccc([C@H](C)NC(=O)CSCc2cc(=O)n3nc(CC)sc3n2)cc1. The van der Waals surface area contributed by atoms with Crippen LogP contribution in [0.2, 0.25) is 0 Å². The normalized spacial score (nSPS) is 12.2. The van der Waals surface area contributed by atoms with E-state index in [1.54, 1.807) is 0 Å². The summed E-state index contributed by atoms with van der Waals surface area (Å²) in [5, 5.41) is 8.14. The molecule has 0 bridgehead atoms. The van der Waals surface area contributed by atoms with E-state index in [9.17, 15) is 9.59 Å². The van der Waals surface area contributed by atoms with Gasteiger partial charge in [-0.1, -0.05) is 49.4 Å². The van der Waals surface area contributed by atoms with E-state index < -0.39 is 0 Å². The molecule has 1 N–H and O–H groups in total. The van der Waals surface area contributed by atoms with E-state index in [0.29, 0.717) is 22.2 Å². The monoisotopic (exact) mass is 416 g/mol. The van der Waals surface area contributed by atoms with E-state index in [0.717, 1.165) is 23.4 Å².